The summed E-state index contributed by atoms with van der Waals surface area (Å²) in [5.41, 5.74) is 7.54. The zero-order valence-electron chi connectivity index (χ0n) is 16.3. The Morgan fingerprint density at radius 2 is 1.89 bits per heavy atom. The molecule has 28 heavy (non-hydrogen) atoms. The van der Waals surface area contributed by atoms with Crippen molar-refractivity contribution >= 4 is 5.91 Å². The summed E-state index contributed by atoms with van der Waals surface area (Å²) in [5, 5.41) is 0. The van der Waals surface area contributed by atoms with Gasteiger partial charge in [0.15, 0.2) is 0 Å². The van der Waals surface area contributed by atoms with E-state index in [0.29, 0.717) is 11.7 Å². The minimum Gasteiger partial charge on any atom is -0.456 e. The van der Waals surface area contributed by atoms with Gasteiger partial charge >= 0.3 is 0 Å². The van der Waals surface area contributed by atoms with Gasteiger partial charge in [-0.05, 0) is 61.4 Å². The van der Waals surface area contributed by atoms with Gasteiger partial charge in [-0.25, -0.2) is 0 Å². The van der Waals surface area contributed by atoms with Gasteiger partial charge in [-0.1, -0.05) is 31.4 Å². The van der Waals surface area contributed by atoms with Gasteiger partial charge in [-0.15, -0.1) is 0 Å². The molecule has 2 heterocycles. The number of benzene rings is 1. The Hall–Kier alpha value is -2.40. The van der Waals surface area contributed by atoms with Crippen LogP contribution in [0.5, 0.6) is 11.5 Å². The highest BCUT2D eigenvalue weighted by Crippen LogP contribution is 2.36. The second kappa shape index (κ2) is 8.74. The first-order chi connectivity index (χ1) is 13.7. The van der Waals surface area contributed by atoms with Gasteiger partial charge in [0.05, 0.1) is 18.3 Å². The predicted octanol–water partition coefficient (Wildman–Crippen LogP) is 4.45. The van der Waals surface area contributed by atoms with E-state index in [9.17, 15) is 4.79 Å². The SMILES string of the molecule is N[C@H](C(=O)N1CCCC1c1cccc(Oc2cccnc2)c1)C1CCCCC1. The number of likely N-dealkylation sites (tertiary alicyclic amines) is 1. The fourth-order valence-corrected chi connectivity index (χ4v) is 4.59. The van der Waals surface area contributed by atoms with E-state index in [4.69, 9.17) is 10.5 Å². The van der Waals surface area contributed by atoms with Crippen molar-refractivity contribution in [1.29, 1.82) is 0 Å². The number of carbonyl (C=O) groups is 1. The van der Waals surface area contributed by atoms with E-state index in [1.54, 1.807) is 12.4 Å². The summed E-state index contributed by atoms with van der Waals surface area (Å²) in [5.74, 6) is 1.93. The monoisotopic (exact) mass is 379 g/mol. The zero-order valence-corrected chi connectivity index (χ0v) is 16.3. The molecule has 1 aromatic carbocycles. The van der Waals surface area contributed by atoms with Crippen molar-refractivity contribution in [3.8, 4) is 11.5 Å². The molecule has 2 aromatic rings. The van der Waals surface area contributed by atoms with E-state index in [1.807, 2.05) is 35.2 Å². The highest BCUT2D eigenvalue weighted by Gasteiger charge is 2.36. The molecule has 5 heteroatoms. The number of nitrogens with zero attached hydrogens (tertiary/aromatic N) is 2. The van der Waals surface area contributed by atoms with Crippen LogP contribution in [0.2, 0.25) is 0 Å². The quantitative estimate of drug-likeness (QED) is 0.834. The van der Waals surface area contributed by atoms with Crippen LogP contribution in [-0.4, -0.2) is 28.4 Å². The summed E-state index contributed by atoms with van der Waals surface area (Å²) in [6.45, 7) is 0.789. The van der Waals surface area contributed by atoms with Crippen molar-refractivity contribution in [2.24, 2.45) is 11.7 Å². The zero-order chi connectivity index (χ0) is 19.3. The average molecular weight is 380 g/mol. The number of hydrogen-bond donors (Lipinski definition) is 1. The molecule has 0 bridgehead atoms. The average Bonchev–Trinajstić information content (AvgIpc) is 3.24. The van der Waals surface area contributed by atoms with Crippen molar-refractivity contribution < 1.29 is 9.53 Å². The fourth-order valence-electron chi connectivity index (χ4n) is 4.59. The molecule has 2 fully saturated rings. The lowest BCUT2D eigenvalue weighted by Gasteiger charge is -2.32. The molecule has 5 nitrogen and oxygen atoms in total. The van der Waals surface area contributed by atoms with Gasteiger partial charge in [0.25, 0.3) is 0 Å². The predicted molar refractivity (Wildman–Crippen MR) is 109 cm³/mol. The van der Waals surface area contributed by atoms with E-state index in [1.165, 1.54) is 19.3 Å². The van der Waals surface area contributed by atoms with E-state index in [0.717, 1.165) is 43.5 Å². The molecule has 1 aliphatic heterocycles. The summed E-state index contributed by atoms with van der Waals surface area (Å²) in [6, 6.07) is 11.5. The normalized spacial score (nSPS) is 21.5. The first-order valence-corrected chi connectivity index (χ1v) is 10.5. The van der Waals surface area contributed by atoms with Crippen LogP contribution >= 0.6 is 0 Å². The van der Waals surface area contributed by atoms with Gasteiger partial charge in [-0.2, -0.15) is 0 Å². The fraction of sp³-hybridized carbons (Fsp3) is 0.478. The molecule has 1 aromatic heterocycles. The van der Waals surface area contributed by atoms with Crippen LogP contribution in [-0.2, 0) is 4.79 Å². The highest BCUT2D eigenvalue weighted by atomic mass is 16.5. The highest BCUT2D eigenvalue weighted by molar-refractivity contribution is 5.82. The number of rotatable bonds is 5. The third-order valence-electron chi connectivity index (χ3n) is 6.09. The molecule has 1 amide bonds. The molecule has 2 aliphatic rings. The maximum absolute atomic E-state index is 13.2. The summed E-state index contributed by atoms with van der Waals surface area (Å²) in [4.78, 5) is 19.3. The van der Waals surface area contributed by atoms with Crippen molar-refractivity contribution in [2.45, 2.75) is 57.0 Å². The molecule has 0 radical (unpaired) electrons. The first-order valence-electron chi connectivity index (χ1n) is 10.5. The molecule has 1 saturated carbocycles. The Labute approximate surface area is 166 Å². The summed E-state index contributed by atoms with van der Waals surface area (Å²) >= 11 is 0. The lowest BCUT2D eigenvalue weighted by atomic mass is 9.83. The number of carbonyl (C=O) groups excluding carboxylic acids is 1. The second-order valence-corrected chi connectivity index (χ2v) is 7.98. The van der Waals surface area contributed by atoms with Gasteiger partial charge in [0.2, 0.25) is 5.91 Å². The molecule has 1 aliphatic carbocycles. The van der Waals surface area contributed by atoms with Crippen LogP contribution in [0.3, 0.4) is 0 Å². The first kappa shape index (κ1) is 18.9. The molecule has 1 saturated heterocycles. The Balaban J connectivity index is 1.48. The van der Waals surface area contributed by atoms with E-state index < -0.39 is 0 Å². The van der Waals surface area contributed by atoms with Gasteiger partial charge in [-0.3, -0.25) is 9.78 Å². The lowest BCUT2D eigenvalue weighted by Crippen LogP contribution is -2.47. The third-order valence-corrected chi connectivity index (χ3v) is 6.09. The van der Waals surface area contributed by atoms with Crippen molar-refractivity contribution in [1.82, 2.24) is 9.88 Å². The minimum atomic E-state index is -0.365. The Bertz CT molecular complexity index is 789. The molecule has 148 valence electrons. The number of hydrogen-bond acceptors (Lipinski definition) is 4. The van der Waals surface area contributed by atoms with Gasteiger partial charge < -0.3 is 15.4 Å². The number of ether oxygens (including phenoxy) is 1. The number of aromatic nitrogens is 1. The van der Waals surface area contributed by atoms with Crippen LogP contribution in [0, 0.1) is 5.92 Å². The van der Waals surface area contributed by atoms with Crippen LogP contribution < -0.4 is 10.5 Å². The topological polar surface area (TPSA) is 68.5 Å². The molecule has 0 spiro atoms. The Kier molecular flexibility index (Phi) is 5.91. The smallest absolute Gasteiger partial charge is 0.240 e. The van der Waals surface area contributed by atoms with Gasteiger partial charge in [0, 0.05) is 12.7 Å². The van der Waals surface area contributed by atoms with Crippen LogP contribution in [0.25, 0.3) is 0 Å². The number of nitrogens with two attached hydrogens (primary N) is 1. The van der Waals surface area contributed by atoms with Crippen molar-refractivity contribution in [2.75, 3.05) is 6.54 Å². The maximum atomic E-state index is 13.2. The van der Waals surface area contributed by atoms with Crippen molar-refractivity contribution in [3.63, 3.8) is 0 Å². The maximum Gasteiger partial charge on any atom is 0.240 e. The Morgan fingerprint density at radius 1 is 1.07 bits per heavy atom. The van der Waals surface area contributed by atoms with E-state index >= 15 is 0 Å². The molecular formula is C23H29N3O2. The van der Waals surface area contributed by atoms with E-state index in [-0.39, 0.29) is 18.0 Å². The van der Waals surface area contributed by atoms with Crippen molar-refractivity contribution in [3.05, 3.63) is 54.4 Å². The summed E-state index contributed by atoms with van der Waals surface area (Å²) < 4.78 is 5.93. The summed E-state index contributed by atoms with van der Waals surface area (Å²) in [7, 11) is 0. The standard InChI is InChI=1S/C23H29N3O2/c24-22(17-7-2-1-3-8-17)23(27)26-14-6-12-21(26)18-9-4-10-19(15-18)28-20-11-5-13-25-16-20/h4-5,9-11,13,15-17,21-22H,1-3,6-8,12,14,24H2/t21?,22-/m0/s1. The second-order valence-electron chi connectivity index (χ2n) is 7.98. The molecular weight excluding hydrogens is 350 g/mol. The Morgan fingerprint density at radius 3 is 2.68 bits per heavy atom. The summed E-state index contributed by atoms with van der Waals surface area (Å²) in [6.07, 6.45) is 11.2. The molecule has 2 atom stereocenters. The molecule has 1 unspecified atom stereocenters. The van der Waals surface area contributed by atoms with E-state index in [2.05, 4.69) is 11.1 Å². The largest absolute Gasteiger partial charge is 0.456 e. The third kappa shape index (κ3) is 4.20. The number of pyridine rings is 1. The van der Waals surface area contributed by atoms with Crippen LogP contribution in [0.1, 0.15) is 56.6 Å². The molecule has 2 N–H and O–H groups in total. The molecule has 4 rings (SSSR count). The van der Waals surface area contributed by atoms with Crippen LogP contribution in [0.4, 0.5) is 0 Å². The number of amides is 1. The van der Waals surface area contributed by atoms with Crippen LogP contribution in [0.15, 0.2) is 48.8 Å². The van der Waals surface area contributed by atoms with Gasteiger partial charge in [0.1, 0.15) is 11.5 Å². The lowest BCUT2D eigenvalue weighted by molar-refractivity contribution is -0.135. The minimum absolute atomic E-state index is 0.0830.